The van der Waals surface area contributed by atoms with Crippen LogP contribution >= 0.6 is 0 Å². The average molecular weight is 282 g/mol. The van der Waals surface area contributed by atoms with E-state index >= 15 is 0 Å². The number of aliphatic imine (C=N–C) groups is 1. The molecule has 0 aromatic heterocycles. The minimum Gasteiger partial charge on any atom is -0.331 e. The molecule has 1 amide bonds. The molecule has 1 N–H and O–H groups in total. The summed E-state index contributed by atoms with van der Waals surface area (Å²) in [6.45, 7) is 0.648. The summed E-state index contributed by atoms with van der Waals surface area (Å²) >= 11 is 0. The maximum Gasteiger partial charge on any atom is 0.222 e. The lowest BCUT2D eigenvalue weighted by molar-refractivity contribution is -0.122. The Balaban J connectivity index is 1.55. The van der Waals surface area contributed by atoms with Crippen molar-refractivity contribution < 1.29 is 4.79 Å². The van der Waals surface area contributed by atoms with Gasteiger partial charge in [-0.15, -0.1) is 0 Å². The van der Waals surface area contributed by atoms with Crippen LogP contribution in [0.3, 0.4) is 0 Å². The van der Waals surface area contributed by atoms with Gasteiger partial charge < -0.3 is 5.32 Å². The Morgan fingerprint density at radius 3 is 3.00 bits per heavy atom. The fraction of sp³-hybridized carbons (Fsp3) is 0.375. The molecule has 0 radical (unpaired) electrons. The number of carbonyl (C=O) groups excluding carboxylic acids is 1. The second kappa shape index (κ2) is 6.43. The highest BCUT2D eigenvalue weighted by Gasteiger charge is 2.32. The van der Waals surface area contributed by atoms with Gasteiger partial charge in [-0.3, -0.25) is 9.79 Å². The van der Waals surface area contributed by atoms with Crippen LogP contribution in [0.1, 0.15) is 12.0 Å². The van der Waals surface area contributed by atoms with E-state index in [9.17, 15) is 4.79 Å². The Kier molecular flexibility index (Phi) is 4.19. The molecule has 3 unspecified atom stereocenters. The molecule has 2 heterocycles. The third-order valence-electron chi connectivity index (χ3n) is 3.76. The van der Waals surface area contributed by atoms with Gasteiger partial charge in [0.25, 0.3) is 0 Å². The molecule has 1 aromatic carbocycles. The fourth-order valence-corrected chi connectivity index (χ4v) is 2.60. The number of rotatable bonds is 4. The van der Waals surface area contributed by atoms with Crippen LogP contribution in [0.25, 0.3) is 0 Å². The first-order valence-electron chi connectivity index (χ1n) is 7.23. The van der Waals surface area contributed by atoms with Gasteiger partial charge in [-0.1, -0.05) is 36.4 Å². The van der Waals surface area contributed by atoms with Gasteiger partial charge in [0.15, 0.2) is 6.17 Å². The van der Waals surface area contributed by atoms with E-state index in [4.69, 9.17) is 0 Å². The van der Waals surface area contributed by atoms with Crippen molar-refractivity contribution in [2.24, 2.45) is 21.1 Å². The summed E-state index contributed by atoms with van der Waals surface area (Å²) in [6.07, 6.45) is 6.62. The van der Waals surface area contributed by atoms with Gasteiger partial charge >= 0.3 is 0 Å². The van der Waals surface area contributed by atoms with E-state index in [0.29, 0.717) is 13.0 Å². The molecule has 2 aliphatic rings. The van der Waals surface area contributed by atoms with Crippen molar-refractivity contribution >= 4 is 12.1 Å². The molecule has 0 fully saturated rings. The number of hydrogen-bond acceptors (Lipinski definition) is 4. The molecule has 5 heteroatoms. The summed E-state index contributed by atoms with van der Waals surface area (Å²) in [6, 6.07) is 9.97. The third kappa shape index (κ3) is 3.42. The summed E-state index contributed by atoms with van der Waals surface area (Å²) < 4.78 is 0. The van der Waals surface area contributed by atoms with E-state index in [-0.39, 0.29) is 24.0 Å². The van der Waals surface area contributed by atoms with Crippen molar-refractivity contribution in [2.45, 2.75) is 25.0 Å². The van der Waals surface area contributed by atoms with Crippen molar-refractivity contribution in [3.05, 3.63) is 48.0 Å². The zero-order valence-electron chi connectivity index (χ0n) is 11.7. The molecule has 1 aromatic rings. The molecular formula is C16H18N4O. The molecule has 3 rings (SSSR count). The second-order valence-corrected chi connectivity index (χ2v) is 5.27. The van der Waals surface area contributed by atoms with E-state index in [1.54, 1.807) is 6.21 Å². The van der Waals surface area contributed by atoms with Crippen molar-refractivity contribution in [3.8, 4) is 0 Å². The summed E-state index contributed by atoms with van der Waals surface area (Å²) in [5.41, 5.74) is 1.16. The molecule has 0 saturated heterocycles. The highest BCUT2D eigenvalue weighted by atomic mass is 16.1. The maximum absolute atomic E-state index is 12.1. The van der Waals surface area contributed by atoms with Crippen LogP contribution in [0.4, 0.5) is 0 Å². The van der Waals surface area contributed by atoms with E-state index in [1.165, 1.54) is 0 Å². The zero-order valence-corrected chi connectivity index (χ0v) is 11.7. The first-order chi connectivity index (χ1) is 10.3. The molecule has 0 aliphatic carbocycles. The monoisotopic (exact) mass is 282 g/mol. The summed E-state index contributed by atoms with van der Waals surface area (Å²) in [5, 5.41) is 11.2. The van der Waals surface area contributed by atoms with Crippen LogP contribution in [0.5, 0.6) is 0 Å². The normalized spacial score (nSPS) is 26.4. The number of benzene rings is 1. The van der Waals surface area contributed by atoms with Gasteiger partial charge in [-0.25, -0.2) is 0 Å². The number of aryl methyl sites for hydroxylation is 1. The van der Waals surface area contributed by atoms with Gasteiger partial charge in [0.2, 0.25) is 5.91 Å². The van der Waals surface area contributed by atoms with Crippen LogP contribution in [-0.4, -0.2) is 30.9 Å². The largest absolute Gasteiger partial charge is 0.331 e. The number of nitrogens with one attached hydrogen (secondary N) is 1. The maximum atomic E-state index is 12.1. The van der Waals surface area contributed by atoms with Crippen LogP contribution in [-0.2, 0) is 11.2 Å². The van der Waals surface area contributed by atoms with E-state index in [1.807, 2.05) is 36.4 Å². The summed E-state index contributed by atoms with van der Waals surface area (Å²) in [7, 11) is 0. The molecule has 0 bridgehead atoms. The highest BCUT2D eigenvalue weighted by molar-refractivity contribution is 5.77. The number of carbonyl (C=O) groups is 1. The Morgan fingerprint density at radius 1 is 1.29 bits per heavy atom. The standard InChI is InChI=1S/C16H18N4O/c21-14(9-8-12-5-2-1-3-6-12)19-16-15-13(11-18-20-16)7-4-10-17-15/h1-7,10,13,15-16H,8-9,11H2,(H,19,21). The highest BCUT2D eigenvalue weighted by Crippen LogP contribution is 2.22. The number of nitrogens with zero attached hydrogens (tertiary/aromatic N) is 3. The molecule has 0 saturated carbocycles. The smallest absolute Gasteiger partial charge is 0.222 e. The number of hydrogen-bond donors (Lipinski definition) is 1. The van der Waals surface area contributed by atoms with Gasteiger partial charge in [0.05, 0.1) is 6.54 Å². The van der Waals surface area contributed by atoms with Crippen LogP contribution in [0, 0.1) is 5.92 Å². The third-order valence-corrected chi connectivity index (χ3v) is 3.76. The van der Waals surface area contributed by atoms with Gasteiger partial charge in [0, 0.05) is 18.6 Å². The Bertz CT molecular complexity index is 579. The van der Waals surface area contributed by atoms with E-state index in [0.717, 1.165) is 12.0 Å². The Morgan fingerprint density at radius 2 is 2.14 bits per heavy atom. The lowest BCUT2D eigenvalue weighted by Crippen LogP contribution is -2.47. The molecule has 0 spiro atoms. The summed E-state index contributed by atoms with van der Waals surface area (Å²) in [5.74, 6) is 0.236. The second-order valence-electron chi connectivity index (χ2n) is 5.27. The van der Waals surface area contributed by atoms with Crippen molar-refractivity contribution in [3.63, 3.8) is 0 Å². The lowest BCUT2D eigenvalue weighted by atomic mass is 9.94. The molecule has 2 aliphatic heterocycles. The van der Waals surface area contributed by atoms with E-state index < -0.39 is 0 Å². The summed E-state index contributed by atoms with van der Waals surface area (Å²) in [4.78, 5) is 16.5. The first kappa shape index (κ1) is 13.7. The Labute approximate surface area is 123 Å². The van der Waals surface area contributed by atoms with Crippen molar-refractivity contribution in [2.75, 3.05) is 6.54 Å². The number of allylic oxidation sites excluding steroid dienone is 1. The van der Waals surface area contributed by atoms with E-state index in [2.05, 4.69) is 26.6 Å². The predicted octanol–water partition coefficient (Wildman–Crippen LogP) is 2.15. The minimum atomic E-state index is -0.340. The number of fused-ring (bicyclic) bond motifs is 1. The number of amides is 1. The Hall–Kier alpha value is -2.30. The van der Waals surface area contributed by atoms with Crippen molar-refractivity contribution in [1.82, 2.24) is 5.32 Å². The van der Waals surface area contributed by atoms with Crippen molar-refractivity contribution in [1.29, 1.82) is 0 Å². The van der Waals surface area contributed by atoms with Gasteiger partial charge in [-0.05, 0) is 18.1 Å². The molecule has 3 atom stereocenters. The topological polar surface area (TPSA) is 66.2 Å². The predicted molar refractivity (Wildman–Crippen MR) is 81.3 cm³/mol. The molecule has 5 nitrogen and oxygen atoms in total. The minimum absolute atomic E-state index is 0.00629. The molecule has 21 heavy (non-hydrogen) atoms. The van der Waals surface area contributed by atoms with Crippen LogP contribution < -0.4 is 5.32 Å². The van der Waals surface area contributed by atoms with Crippen LogP contribution in [0.15, 0.2) is 57.7 Å². The fourth-order valence-electron chi connectivity index (χ4n) is 2.60. The van der Waals surface area contributed by atoms with Gasteiger partial charge in [-0.2, -0.15) is 10.2 Å². The quantitative estimate of drug-likeness (QED) is 0.903. The first-order valence-corrected chi connectivity index (χ1v) is 7.23. The molecular weight excluding hydrogens is 264 g/mol. The molecule has 108 valence electrons. The van der Waals surface area contributed by atoms with Crippen LogP contribution in [0.2, 0.25) is 0 Å². The van der Waals surface area contributed by atoms with Gasteiger partial charge in [0.1, 0.15) is 6.04 Å². The SMILES string of the molecule is O=C(CCc1ccccc1)NC1N=NCC2C=CC=NC21. The zero-order chi connectivity index (χ0) is 14.5. The average Bonchev–Trinajstić information content (AvgIpc) is 2.54. The number of azo groups is 1. The lowest BCUT2D eigenvalue weighted by Gasteiger charge is -2.30. The number of dihydropyridines is 1.